The predicted molar refractivity (Wildman–Crippen MR) is 55.0 cm³/mol. The fraction of sp³-hybridized carbons (Fsp3) is 0.455. The average Bonchev–Trinajstić information content (AvgIpc) is 2.26. The van der Waals surface area contributed by atoms with Gasteiger partial charge in [0.05, 0.1) is 11.6 Å². The van der Waals surface area contributed by atoms with Crippen LogP contribution in [0, 0.1) is 0 Å². The summed E-state index contributed by atoms with van der Waals surface area (Å²) < 4.78 is 73.5. The van der Waals surface area contributed by atoms with Crippen molar-refractivity contribution in [3.8, 4) is 0 Å². The molecule has 0 fully saturated rings. The average molecular weight is 287 g/mol. The van der Waals surface area contributed by atoms with Gasteiger partial charge in [-0.15, -0.1) is 0 Å². The summed E-state index contributed by atoms with van der Waals surface area (Å²) in [7, 11) is 0. The number of halogens is 6. The van der Waals surface area contributed by atoms with Gasteiger partial charge in [0, 0.05) is 0 Å². The van der Waals surface area contributed by atoms with Crippen molar-refractivity contribution in [1.82, 2.24) is 5.48 Å². The lowest BCUT2D eigenvalue weighted by molar-refractivity contribution is -0.193. The maximum atomic E-state index is 12.7. The lowest BCUT2D eigenvalue weighted by atomic mass is 10.0. The minimum absolute atomic E-state index is 0.183. The molecule has 1 aromatic carbocycles. The van der Waals surface area contributed by atoms with E-state index >= 15 is 0 Å². The Bertz CT molecular complexity index is 414. The van der Waals surface area contributed by atoms with Crippen LogP contribution in [0.15, 0.2) is 24.3 Å². The summed E-state index contributed by atoms with van der Waals surface area (Å²) in [6.45, 7) is -0.299. The van der Waals surface area contributed by atoms with Gasteiger partial charge < -0.3 is 0 Å². The van der Waals surface area contributed by atoms with Gasteiger partial charge in [0.25, 0.3) is 0 Å². The molecule has 0 saturated heterocycles. The lowest BCUT2D eigenvalue weighted by Crippen LogP contribution is -2.28. The smallest absolute Gasteiger partial charge is 0.292 e. The fourth-order valence-electron chi connectivity index (χ4n) is 1.44. The first-order valence-electron chi connectivity index (χ1n) is 5.21. The largest absolute Gasteiger partial charge is 0.416 e. The first kappa shape index (κ1) is 15.8. The van der Waals surface area contributed by atoms with Gasteiger partial charge in [-0.1, -0.05) is 18.2 Å². The van der Waals surface area contributed by atoms with Crippen LogP contribution in [0.25, 0.3) is 0 Å². The number of alkyl halides is 6. The summed E-state index contributed by atoms with van der Waals surface area (Å²) in [5.41, 5.74) is 0.853. The van der Waals surface area contributed by atoms with Crippen LogP contribution in [0.1, 0.15) is 24.1 Å². The monoisotopic (exact) mass is 287 g/mol. The van der Waals surface area contributed by atoms with Crippen molar-refractivity contribution in [2.24, 2.45) is 0 Å². The van der Waals surface area contributed by atoms with Gasteiger partial charge in [0.15, 0.2) is 6.61 Å². The number of hydroxylamine groups is 1. The van der Waals surface area contributed by atoms with Crippen LogP contribution in [0.5, 0.6) is 0 Å². The summed E-state index contributed by atoms with van der Waals surface area (Å²) in [6, 6.07) is 3.58. The lowest BCUT2D eigenvalue weighted by Gasteiger charge is -2.19. The van der Waals surface area contributed by atoms with Crippen molar-refractivity contribution in [3.05, 3.63) is 35.4 Å². The molecular formula is C11H11F6NO. The van der Waals surface area contributed by atoms with Crippen LogP contribution >= 0.6 is 0 Å². The third kappa shape index (κ3) is 5.07. The Morgan fingerprint density at radius 3 is 2.21 bits per heavy atom. The molecule has 1 aromatic rings. The van der Waals surface area contributed by atoms with Crippen molar-refractivity contribution in [2.75, 3.05) is 6.61 Å². The Morgan fingerprint density at radius 2 is 1.68 bits per heavy atom. The summed E-state index contributed by atoms with van der Waals surface area (Å²) >= 11 is 0. The van der Waals surface area contributed by atoms with Crippen LogP contribution in [-0.4, -0.2) is 12.8 Å². The highest BCUT2D eigenvalue weighted by atomic mass is 19.4. The van der Waals surface area contributed by atoms with Gasteiger partial charge >= 0.3 is 12.4 Å². The third-order valence-electron chi connectivity index (χ3n) is 2.23. The molecule has 0 aliphatic carbocycles. The molecule has 0 radical (unpaired) electrons. The van der Waals surface area contributed by atoms with Gasteiger partial charge in [-0.05, 0) is 18.6 Å². The van der Waals surface area contributed by atoms with Gasteiger partial charge in [-0.25, -0.2) is 0 Å². The SMILES string of the molecule is CC(NOCC(F)(F)F)c1ccccc1C(F)(F)F. The highest BCUT2D eigenvalue weighted by molar-refractivity contribution is 5.31. The number of nitrogens with one attached hydrogen (secondary N) is 1. The second-order valence-electron chi connectivity index (χ2n) is 3.83. The molecule has 0 spiro atoms. The van der Waals surface area contributed by atoms with Gasteiger partial charge in [-0.3, -0.25) is 4.84 Å². The van der Waals surface area contributed by atoms with Crippen LogP contribution in [0.3, 0.4) is 0 Å². The predicted octanol–water partition coefficient (Wildman–Crippen LogP) is 3.85. The minimum Gasteiger partial charge on any atom is -0.292 e. The van der Waals surface area contributed by atoms with Crippen molar-refractivity contribution in [3.63, 3.8) is 0 Å². The zero-order valence-corrected chi connectivity index (χ0v) is 9.77. The fourth-order valence-corrected chi connectivity index (χ4v) is 1.44. The van der Waals surface area contributed by atoms with E-state index in [1.807, 2.05) is 5.48 Å². The van der Waals surface area contributed by atoms with E-state index in [1.165, 1.54) is 25.1 Å². The van der Waals surface area contributed by atoms with Gasteiger partial charge in [-0.2, -0.15) is 31.8 Å². The Hall–Kier alpha value is -1.28. The molecule has 0 bridgehead atoms. The Kier molecular flexibility index (Phi) is 4.81. The van der Waals surface area contributed by atoms with E-state index in [0.29, 0.717) is 0 Å². The quantitative estimate of drug-likeness (QED) is 0.671. The first-order chi connectivity index (χ1) is 8.61. The van der Waals surface area contributed by atoms with E-state index in [2.05, 4.69) is 4.84 Å². The first-order valence-corrected chi connectivity index (χ1v) is 5.21. The van der Waals surface area contributed by atoms with Crippen molar-refractivity contribution >= 4 is 0 Å². The molecule has 0 aromatic heterocycles. The maximum Gasteiger partial charge on any atom is 0.416 e. The highest BCUT2D eigenvalue weighted by Gasteiger charge is 2.34. The number of rotatable bonds is 4. The Labute approximate surface area is 105 Å². The van der Waals surface area contributed by atoms with Crippen molar-refractivity contribution < 1.29 is 31.2 Å². The molecule has 8 heteroatoms. The molecule has 0 aliphatic heterocycles. The second-order valence-corrected chi connectivity index (χ2v) is 3.83. The number of benzene rings is 1. The molecule has 0 aliphatic rings. The number of hydrogen-bond acceptors (Lipinski definition) is 2. The molecule has 0 saturated carbocycles. The van der Waals surface area contributed by atoms with Crippen LogP contribution in [0.4, 0.5) is 26.3 Å². The summed E-state index contributed by atoms with van der Waals surface area (Å²) in [5.74, 6) is 0. The Balaban J connectivity index is 2.75. The molecule has 108 valence electrons. The summed E-state index contributed by atoms with van der Waals surface area (Å²) in [4.78, 5) is 4.14. The van der Waals surface area contributed by atoms with Crippen LogP contribution in [-0.2, 0) is 11.0 Å². The van der Waals surface area contributed by atoms with Crippen LogP contribution in [0.2, 0.25) is 0 Å². The van der Waals surface area contributed by atoms with E-state index < -0.39 is 30.6 Å². The van der Waals surface area contributed by atoms with Gasteiger partial charge in [0.1, 0.15) is 0 Å². The molecule has 1 atom stereocenters. The van der Waals surface area contributed by atoms with E-state index in [4.69, 9.17) is 0 Å². The zero-order chi connectivity index (χ0) is 14.7. The van der Waals surface area contributed by atoms with Crippen molar-refractivity contribution in [2.45, 2.75) is 25.3 Å². The van der Waals surface area contributed by atoms with E-state index in [1.54, 1.807) is 0 Å². The highest BCUT2D eigenvalue weighted by Crippen LogP contribution is 2.34. The molecule has 0 amide bonds. The molecule has 0 heterocycles. The molecule has 1 N–H and O–H groups in total. The number of hydrogen-bond donors (Lipinski definition) is 1. The second kappa shape index (κ2) is 5.79. The van der Waals surface area contributed by atoms with E-state index in [-0.39, 0.29) is 5.56 Å². The summed E-state index contributed by atoms with van der Waals surface area (Å²) in [6.07, 6.45) is -9.12. The normalized spacial score (nSPS) is 14.5. The topological polar surface area (TPSA) is 21.3 Å². The van der Waals surface area contributed by atoms with Crippen molar-refractivity contribution in [1.29, 1.82) is 0 Å². The van der Waals surface area contributed by atoms with Gasteiger partial charge in [0.2, 0.25) is 0 Å². The molecular weight excluding hydrogens is 276 g/mol. The molecule has 19 heavy (non-hydrogen) atoms. The molecule has 1 rings (SSSR count). The minimum atomic E-state index is -4.57. The molecule has 2 nitrogen and oxygen atoms in total. The van der Waals surface area contributed by atoms with E-state index in [9.17, 15) is 26.3 Å². The standard InChI is InChI=1S/C11H11F6NO/c1-7(18-19-6-10(12,13)14)8-4-2-3-5-9(8)11(15,16)17/h2-5,7,18H,6H2,1H3. The van der Waals surface area contributed by atoms with Crippen LogP contribution < -0.4 is 5.48 Å². The summed E-state index contributed by atoms with van der Waals surface area (Å²) in [5, 5.41) is 0. The third-order valence-corrected chi connectivity index (χ3v) is 2.23. The maximum absolute atomic E-state index is 12.7. The Morgan fingerprint density at radius 1 is 1.11 bits per heavy atom. The van der Waals surface area contributed by atoms with E-state index in [0.717, 1.165) is 6.07 Å². The zero-order valence-electron chi connectivity index (χ0n) is 9.77. The molecule has 1 unspecified atom stereocenters.